The van der Waals surface area contributed by atoms with Crippen molar-refractivity contribution in [1.29, 1.82) is 0 Å². The fourth-order valence-electron chi connectivity index (χ4n) is 4.67. The quantitative estimate of drug-likeness (QED) is 0.826. The maximum absolute atomic E-state index is 14.7. The van der Waals surface area contributed by atoms with Crippen LogP contribution < -0.4 is 5.56 Å². The Hall–Kier alpha value is -1.68. The third-order valence-corrected chi connectivity index (χ3v) is 5.85. The smallest absolute Gasteiger partial charge is 0.251 e. The summed E-state index contributed by atoms with van der Waals surface area (Å²) in [5, 5.41) is 0.956. The Morgan fingerprint density at radius 1 is 1.20 bits per heavy atom. The molecule has 0 saturated carbocycles. The molecule has 2 aromatic rings. The summed E-state index contributed by atoms with van der Waals surface area (Å²) >= 11 is 0. The van der Waals surface area contributed by atoms with E-state index in [2.05, 4.69) is 32.1 Å². The molecule has 25 heavy (non-hydrogen) atoms. The van der Waals surface area contributed by atoms with Crippen molar-refractivity contribution in [2.75, 3.05) is 13.1 Å². The molecule has 1 saturated heterocycles. The second-order valence-corrected chi connectivity index (χ2v) is 8.57. The minimum atomic E-state index is -0.176. The second kappa shape index (κ2) is 5.94. The van der Waals surface area contributed by atoms with Crippen LogP contribution in [0.25, 0.3) is 10.9 Å². The summed E-state index contributed by atoms with van der Waals surface area (Å²) in [5.41, 5.74) is 1.69. The number of rotatable bonds is 2. The lowest BCUT2D eigenvalue weighted by molar-refractivity contribution is 0.0737. The zero-order valence-electron chi connectivity index (χ0n) is 15.3. The topological polar surface area (TPSA) is 25.2 Å². The second-order valence-electron chi connectivity index (χ2n) is 8.57. The predicted octanol–water partition coefficient (Wildman–Crippen LogP) is 3.95. The van der Waals surface area contributed by atoms with Crippen LogP contribution in [-0.4, -0.2) is 28.6 Å². The molecule has 0 bridgehead atoms. The third-order valence-electron chi connectivity index (χ3n) is 5.85. The summed E-state index contributed by atoms with van der Waals surface area (Å²) in [4.78, 5) is 14.8. The predicted molar refractivity (Wildman–Crippen MR) is 99.3 cm³/mol. The van der Waals surface area contributed by atoms with Crippen molar-refractivity contribution in [2.24, 2.45) is 5.41 Å². The van der Waals surface area contributed by atoms with E-state index in [1.165, 1.54) is 0 Å². The average molecular weight is 341 g/mol. The molecule has 4 heteroatoms. The lowest BCUT2D eigenvalue weighted by atomic mass is 9.80. The molecule has 133 valence electrons. The first-order valence-corrected chi connectivity index (χ1v) is 9.24. The minimum absolute atomic E-state index is 0.0267. The first kappa shape index (κ1) is 16.8. The van der Waals surface area contributed by atoms with Crippen molar-refractivity contribution >= 4 is 10.9 Å². The Morgan fingerprint density at radius 2 is 1.96 bits per heavy atom. The number of pyridine rings is 1. The van der Waals surface area contributed by atoms with Gasteiger partial charge in [0, 0.05) is 36.7 Å². The molecule has 3 heterocycles. The van der Waals surface area contributed by atoms with Gasteiger partial charge in [-0.05, 0) is 54.8 Å². The van der Waals surface area contributed by atoms with E-state index in [0.29, 0.717) is 12.6 Å². The van der Waals surface area contributed by atoms with Crippen LogP contribution in [0.15, 0.2) is 29.1 Å². The zero-order valence-corrected chi connectivity index (χ0v) is 15.3. The summed E-state index contributed by atoms with van der Waals surface area (Å²) in [6, 6.07) is 7.20. The van der Waals surface area contributed by atoms with Gasteiger partial charge in [-0.15, -0.1) is 0 Å². The van der Waals surface area contributed by atoms with Crippen molar-refractivity contribution in [3.8, 4) is 0 Å². The zero-order chi connectivity index (χ0) is 17.8. The Morgan fingerprint density at radius 3 is 2.72 bits per heavy atom. The van der Waals surface area contributed by atoms with Crippen molar-refractivity contribution < 1.29 is 4.39 Å². The highest BCUT2D eigenvalue weighted by Gasteiger charge is 2.36. The molecule has 2 aliphatic heterocycles. The van der Waals surface area contributed by atoms with Gasteiger partial charge in [-0.1, -0.05) is 20.8 Å². The molecular weight excluding hydrogens is 315 g/mol. The highest BCUT2D eigenvalue weighted by molar-refractivity contribution is 5.84. The SMILES string of the molecule is CC(C)(C)C1C[CH]CCN1CC1Cn2c(=O)ccc3ccc(F)c1c32. The number of likely N-dealkylation sites (tertiary alicyclic amines) is 1. The fourth-order valence-corrected chi connectivity index (χ4v) is 4.67. The lowest BCUT2D eigenvalue weighted by Crippen LogP contribution is -2.48. The fraction of sp³-hybridized carbons (Fsp3) is 0.524. The monoisotopic (exact) mass is 341 g/mol. The molecule has 2 unspecified atom stereocenters. The van der Waals surface area contributed by atoms with Gasteiger partial charge in [0.25, 0.3) is 5.56 Å². The Kier molecular flexibility index (Phi) is 3.99. The molecule has 1 fully saturated rings. The molecule has 0 amide bonds. The molecular formula is C21H26FN2O. The maximum atomic E-state index is 14.7. The van der Waals surface area contributed by atoms with Crippen molar-refractivity contribution in [1.82, 2.24) is 9.47 Å². The van der Waals surface area contributed by atoms with Gasteiger partial charge < -0.3 is 4.57 Å². The van der Waals surface area contributed by atoms with Gasteiger partial charge in [0.2, 0.25) is 0 Å². The normalized spacial score (nSPS) is 24.2. The van der Waals surface area contributed by atoms with E-state index in [4.69, 9.17) is 0 Å². The number of benzene rings is 1. The molecule has 1 aromatic carbocycles. The van der Waals surface area contributed by atoms with Gasteiger partial charge in [-0.2, -0.15) is 0 Å². The number of nitrogens with zero attached hydrogens (tertiary/aromatic N) is 2. The van der Waals surface area contributed by atoms with Crippen molar-refractivity contribution in [3.63, 3.8) is 0 Å². The van der Waals surface area contributed by atoms with Crippen LogP contribution in [0.1, 0.15) is 45.1 Å². The molecule has 1 aromatic heterocycles. The van der Waals surface area contributed by atoms with Crippen molar-refractivity contribution in [2.45, 2.75) is 52.1 Å². The number of halogens is 1. The third kappa shape index (κ3) is 2.80. The molecule has 0 aliphatic carbocycles. The van der Waals surface area contributed by atoms with E-state index in [9.17, 15) is 9.18 Å². The van der Waals surface area contributed by atoms with Gasteiger partial charge >= 0.3 is 0 Å². The summed E-state index contributed by atoms with van der Waals surface area (Å²) in [6.45, 7) is 9.24. The van der Waals surface area contributed by atoms with Gasteiger partial charge in [0.15, 0.2) is 0 Å². The highest BCUT2D eigenvalue weighted by atomic mass is 19.1. The Labute approximate surface area is 148 Å². The highest BCUT2D eigenvalue weighted by Crippen LogP contribution is 2.38. The number of hydrogen-bond donors (Lipinski definition) is 0. The lowest BCUT2D eigenvalue weighted by Gasteiger charge is -2.44. The molecule has 2 aliphatic rings. The summed E-state index contributed by atoms with van der Waals surface area (Å²) in [7, 11) is 0. The summed E-state index contributed by atoms with van der Waals surface area (Å²) in [5.74, 6) is -0.132. The van der Waals surface area contributed by atoms with Crippen LogP contribution in [0.3, 0.4) is 0 Å². The van der Waals surface area contributed by atoms with E-state index in [-0.39, 0.29) is 22.7 Å². The molecule has 0 N–H and O–H groups in total. The maximum Gasteiger partial charge on any atom is 0.251 e. The Bertz CT molecular complexity index is 865. The van der Waals surface area contributed by atoms with Gasteiger partial charge in [0.05, 0.1) is 5.52 Å². The molecule has 4 rings (SSSR count). The number of hydrogen-bond acceptors (Lipinski definition) is 2. The van der Waals surface area contributed by atoms with Crippen LogP contribution in [0, 0.1) is 17.7 Å². The van der Waals surface area contributed by atoms with E-state index >= 15 is 0 Å². The minimum Gasteiger partial charge on any atom is -0.307 e. The summed E-state index contributed by atoms with van der Waals surface area (Å²) in [6.07, 6.45) is 4.54. The first-order valence-electron chi connectivity index (χ1n) is 9.24. The van der Waals surface area contributed by atoms with Gasteiger partial charge in [0.1, 0.15) is 5.82 Å². The van der Waals surface area contributed by atoms with E-state index < -0.39 is 0 Å². The molecule has 1 radical (unpaired) electrons. The summed E-state index contributed by atoms with van der Waals surface area (Å²) < 4.78 is 16.4. The van der Waals surface area contributed by atoms with Crippen LogP contribution in [0.2, 0.25) is 0 Å². The molecule has 2 atom stereocenters. The van der Waals surface area contributed by atoms with Crippen LogP contribution >= 0.6 is 0 Å². The van der Waals surface area contributed by atoms with Crippen LogP contribution in [0.5, 0.6) is 0 Å². The van der Waals surface area contributed by atoms with Gasteiger partial charge in [-0.3, -0.25) is 9.69 Å². The van der Waals surface area contributed by atoms with E-state index in [1.807, 2.05) is 6.07 Å². The largest absolute Gasteiger partial charge is 0.307 e. The van der Waals surface area contributed by atoms with Crippen LogP contribution in [-0.2, 0) is 6.54 Å². The van der Waals surface area contributed by atoms with Gasteiger partial charge in [-0.25, -0.2) is 4.39 Å². The molecule has 0 spiro atoms. The first-order chi connectivity index (χ1) is 11.9. The van der Waals surface area contributed by atoms with Crippen LogP contribution in [0.4, 0.5) is 4.39 Å². The number of piperidine rings is 1. The average Bonchev–Trinajstić information content (AvgIpc) is 2.94. The van der Waals surface area contributed by atoms with E-state index in [1.54, 1.807) is 22.8 Å². The number of aromatic nitrogens is 1. The van der Waals surface area contributed by atoms with Crippen molar-refractivity contribution in [3.05, 3.63) is 52.4 Å². The standard InChI is InChI=1S/C21H26FN2O/c1-21(2,3)17-6-4-5-11-23(17)12-15-13-24-18(25)10-8-14-7-9-16(22)19(15)20(14)24/h4,7-10,15,17H,5-6,11-13H2,1-3H3. The van der Waals surface area contributed by atoms with E-state index in [0.717, 1.165) is 42.4 Å². The Balaban J connectivity index is 1.71. The molecule has 3 nitrogen and oxygen atoms in total.